The second-order valence-corrected chi connectivity index (χ2v) is 4.54. The van der Waals surface area contributed by atoms with Crippen LogP contribution in [0.2, 0.25) is 0 Å². The van der Waals surface area contributed by atoms with Crippen molar-refractivity contribution in [2.75, 3.05) is 6.54 Å². The van der Waals surface area contributed by atoms with Gasteiger partial charge in [0.15, 0.2) is 0 Å². The minimum atomic E-state index is -4.42. The van der Waals surface area contributed by atoms with Gasteiger partial charge in [0, 0.05) is 12.3 Å². The SMILES string of the molecule is CC(C)C(CC(N)=O)C(=O)C(F)(F)C(=O)NCC(=O)O. The Balaban J connectivity index is 5.04. The van der Waals surface area contributed by atoms with Gasteiger partial charge in [-0.1, -0.05) is 13.8 Å². The smallest absolute Gasteiger partial charge is 0.381 e. The predicted molar refractivity (Wildman–Crippen MR) is 62.7 cm³/mol. The Kier molecular flexibility index (Phi) is 6.21. The van der Waals surface area contributed by atoms with Gasteiger partial charge in [0.25, 0.3) is 5.91 Å². The third-order valence-corrected chi connectivity index (χ3v) is 2.56. The van der Waals surface area contributed by atoms with E-state index in [1.54, 1.807) is 0 Å². The predicted octanol–water partition coefficient (Wildman–Crippen LogP) is -0.461. The molecule has 9 heteroatoms. The number of carbonyl (C=O) groups excluding carboxylic acids is 3. The molecule has 0 saturated heterocycles. The van der Waals surface area contributed by atoms with Gasteiger partial charge in [0.2, 0.25) is 11.7 Å². The summed E-state index contributed by atoms with van der Waals surface area (Å²) >= 11 is 0. The molecular weight excluding hydrogens is 278 g/mol. The van der Waals surface area contributed by atoms with E-state index in [9.17, 15) is 28.0 Å². The number of carbonyl (C=O) groups is 4. The lowest BCUT2D eigenvalue weighted by molar-refractivity contribution is -0.163. The molecule has 0 aromatic rings. The summed E-state index contributed by atoms with van der Waals surface area (Å²) in [6, 6.07) is 0. The van der Waals surface area contributed by atoms with Crippen molar-refractivity contribution in [1.29, 1.82) is 0 Å². The maximum absolute atomic E-state index is 13.6. The highest BCUT2D eigenvalue weighted by molar-refractivity contribution is 6.09. The second kappa shape index (κ2) is 6.92. The van der Waals surface area contributed by atoms with Crippen molar-refractivity contribution in [2.24, 2.45) is 17.6 Å². The van der Waals surface area contributed by atoms with Gasteiger partial charge in [-0.25, -0.2) is 0 Å². The lowest BCUT2D eigenvalue weighted by atomic mass is 9.85. The first-order valence-electron chi connectivity index (χ1n) is 5.70. The maximum Gasteiger partial charge on any atom is 0.381 e. The minimum Gasteiger partial charge on any atom is -0.480 e. The molecule has 0 aliphatic rings. The van der Waals surface area contributed by atoms with Crippen molar-refractivity contribution >= 4 is 23.6 Å². The fourth-order valence-corrected chi connectivity index (χ4v) is 1.46. The van der Waals surface area contributed by atoms with Crippen LogP contribution in [0, 0.1) is 11.8 Å². The summed E-state index contributed by atoms with van der Waals surface area (Å²) in [4.78, 5) is 43.8. The van der Waals surface area contributed by atoms with Gasteiger partial charge in [0.1, 0.15) is 6.54 Å². The van der Waals surface area contributed by atoms with Crippen molar-refractivity contribution in [2.45, 2.75) is 26.2 Å². The number of ketones is 1. The molecular formula is C11H16F2N2O5. The monoisotopic (exact) mass is 294 g/mol. The van der Waals surface area contributed by atoms with Crippen LogP contribution in [0.5, 0.6) is 0 Å². The number of amides is 2. The molecule has 0 aromatic carbocycles. The van der Waals surface area contributed by atoms with Crippen LogP contribution < -0.4 is 11.1 Å². The molecule has 1 atom stereocenters. The van der Waals surface area contributed by atoms with E-state index < -0.39 is 54.3 Å². The van der Waals surface area contributed by atoms with Crippen LogP contribution >= 0.6 is 0 Å². The second-order valence-electron chi connectivity index (χ2n) is 4.54. The molecule has 114 valence electrons. The number of rotatable bonds is 8. The molecule has 7 nitrogen and oxygen atoms in total. The Labute approximate surface area is 113 Å². The fourth-order valence-electron chi connectivity index (χ4n) is 1.46. The third-order valence-electron chi connectivity index (χ3n) is 2.56. The van der Waals surface area contributed by atoms with Crippen molar-refractivity contribution in [1.82, 2.24) is 5.32 Å². The first-order chi connectivity index (χ1) is 9.00. The van der Waals surface area contributed by atoms with Gasteiger partial charge in [-0.2, -0.15) is 8.78 Å². The van der Waals surface area contributed by atoms with Gasteiger partial charge >= 0.3 is 11.9 Å². The highest BCUT2D eigenvalue weighted by atomic mass is 19.3. The zero-order chi connectivity index (χ0) is 16.1. The van der Waals surface area contributed by atoms with Crippen molar-refractivity contribution in [3.8, 4) is 0 Å². The van der Waals surface area contributed by atoms with Crippen LogP contribution in [0.1, 0.15) is 20.3 Å². The van der Waals surface area contributed by atoms with E-state index in [-0.39, 0.29) is 0 Å². The minimum absolute atomic E-state index is 0.613. The number of Topliss-reactive ketones (excluding diaryl/α,β-unsaturated/α-hetero) is 1. The van der Waals surface area contributed by atoms with Gasteiger partial charge in [-0.15, -0.1) is 0 Å². The van der Waals surface area contributed by atoms with Crippen LogP contribution in [0.15, 0.2) is 0 Å². The number of hydrogen-bond acceptors (Lipinski definition) is 4. The number of primary amides is 1. The molecule has 0 heterocycles. The number of carboxylic acids is 1. The number of nitrogens with one attached hydrogen (secondary N) is 1. The summed E-state index contributed by atoms with van der Waals surface area (Å²) in [7, 11) is 0. The van der Waals surface area contributed by atoms with E-state index in [4.69, 9.17) is 10.8 Å². The molecule has 0 aliphatic heterocycles. The molecule has 0 spiro atoms. The van der Waals surface area contributed by atoms with E-state index >= 15 is 0 Å². The average Bonchev–Trinajstić information content (AvgIpc) is 2.31. The van der Waals surface area contributed by atoms with Crippen LogP contribution in [0.4, 0.5) is 8.78 Å². The molecule has 0 radical (unpaired) electrons. The highest BCUT2D eigenvalue weighted by Crippen LogP contribution is 2.26. The standard InChI is InChI=1S/C11H16F2N2O5/c1-5(2)6(3-7(14)16)9(19)11(12,13)10(20)15-4-8(17)18/h5-6H,3-4H2,1-2H3,(H2,14,16)(H,15,20)(H,17,18). The Bertz CT molecular complexity index is 423. The normalized spacial score (nSPS) is 12.8. The summed E-state index contributed by atoms with van der Waals surface area (Å²) in [6.45, 7) is 1.82. The highest BCUT2D eigenvalue weighted by Gasteiger charge is 2.50. The van der Waals surface area contributed by atoms with E-state index in [0.29, 0.717) is 0 Å². The average molecular weight is 294 g/mol. The first kappa shape index (κ1) is 17.9. The molecule has 0 bridgehead atoms. The third kappa shape index (κ3) is 4.90. The van der Waals surface area contributed by atoms with Crippen LogP contribution in [-0.4, -0.2) is 41.1 Å². The summed E-state index contributed by atoms with van der Waals surface area (Å²) in [5, 5.41) is 9.70. The van der Waals surface area contributed by atoms with Crippen LogP contribution in [-0.2, 0) is 19.2 Å². The first-order valence-corrected chi connectivity index (χ1v) is 5.70. The number of aliphatic carboxylic acids is 1. The number of carboxylic acid groups (broad SMARTS) is 1. The summed E-state index contributed by atoms with van der Waals surface area (Å²) < 4.78 is 27.2. The molecule has 0 fully saturated rings. The van der Waals surface area contributed by atoms with E-state index in [1.165, 1.54) is 19.2 Å². The summed E-state index contributed by atoms with van der Waals surface area (Å²) in [6.07, 6.45) is -0.613. The number of hydrogen-bond donors (Lipinski definition) is 3. The molecule has 0 aromatic heterocycles. The van der Waals surface area contributed by atoms with E-state index in [0.717, 1.165) is 0 Å². The molecule has 4 N–H and O–H groups in total. The molecule has 0 rings (SSSR count). The topological polar surface area (TPSA) is 127 Å². The zero-order valence-electron chi connectivity index (χ0n) is 11.0. The molecule has 0 saturated carbocycles. The van der Waals surface area contributed by atoms with Crippen LogP contribution in [0.25, 0.3) is 0 Å². The summed E-state index contributed by atoms with van der Waals surface area (Å²) in [5.74, 6) is -12.7. The molecule has 20 heavy (non-hydrogen) atoms. The maximum atomic E-state index is 13.6. The van der Waals surface area contributed by atoms with Gasteiger partial charge in [0.05, 0.1) is 0 Å². The Morgan fingerprint density at radius 2 is 1.75 bits per heavy atom. The van der Waals surface area contributed by atoms with E-state index in [2.05, 4.69) is 0 Å². The van der Waals surface area contributed by atoms with Gasteiger partial charge in [-0.3, -0.25) is 19.2 Å². The molecule has 2 amide bonds. The van der Waals surface area contributed by atoms with Crippen molar-refractivity contribution < 1.29 is 33.1 Å². The number of nitrogens with two attached hydrogens (primary N) is 1. The van der Waals surface area contributed by atoms with Crippen molar-refractivity contribution in [3.63, 3.8) is 0 Å². The zero-order valence-corrected chi connectivity index (χ0v) is 11.0. The van der Waals surface area contributed by atoms with Gasteiger partial charge in [-0.05, 0) is 5.92 Å². The lowest BCUT2D eigenvalue weighted by Gasteiger charge is -2.23. The molecule has 1 unspecified atom stereocenters. The Morgan fingerprint density at radius 3 is 2.10 bits per heavy atom. The Morgan fingerprint density at radius 1 is 1.25 bits per heavy atom. The number of halogens is 2. The lowest BCUT2D eigenvalue weighted by Crippen LogP contribution is -2.50. The summed E-state index contributed by atoms with van der Waals surface area (Å²) in [5.41, 5.74) is 4.87. The van der Waals surface area contributed by atoms with Crippen LogP contribution in [0.3, 0.4) is 0 Å². The Hall–Kier alpha value is -2.06. The van der Waals surface area contributed by atoms with E-state index in [1.807, 2.05) is 0 Å². The molecule has 0 aliphatic carbocycles. The largest absolute Gasteiger partial charge is 0.480 e. The quantitative estimate of drug-likeness (QED) is 0.522. The fraction of sp³-hybridized carbons (Fsp3) is 0.636. The number of alkyl halides is 2. The van der Waals surface area contributed by atoms with Gasteiger partial charge < -0.3 is 16.2 Å². The van der Waals surface area contributed by atoms with Crippen molar-refractivity contribution in [3.05, 3.63) is 0 Å².